The molecule has 1 saturated heterocycles. The fourth-order valence-electron chi connectivity index (χ4n) is 3.93. The molecule has 5 rings (SSSR count). The first-order valence-corrected chi connectivity index (χ1v) is 10.2. The summed E-state index contributed by atoms with van der Waals surface area (Å²) < 4.78 is 46.6. The molecule has 1 aromatic carbocycles. The summed E-state index contributed by atoms with van der Waals surface area (Å²) in [6, 6.07) is 5.19. The number of alkyl halides is 3. The molecule has 1 fully saturated rings. The zero-order valence-electron chi connectivity index (χ0n) is 15.9. The number of imidazole rings is 1. The predicted molar refractivity (Wildman–Crippen MR) is 110 cm³/mol. The molecule has 3 aromatic rings. The number of hydrogen-bond acceptors (Lipinski definition) is 6. The smallest absolute Gasteiger partial charge is 0.471 e. The maximum atomic E-state index is 12.8. The highest BCUT2D eigenvalue weighted by Crippen LogP contribution is 2.38. The van der Waals surface area contributed by atoms with Gasteiger partial charge in [-0.05, 0) is 28.1 Å². The average Bonchev–Trinajstić information content (AvgIpc) is 3.20. The minimum absolute atomic E-state index is 0.00805. The number of rotatable bonds is 2. The Morgan fingerprint density at radius 3 is 2.94 bits per heavy atom. The summed E-state index contributed by atoms with van der Waals surface area (Å²) in [5.41, 5.74) is 2.18. The van der Waals surface area contributed by atoms with Gasteiger partial charge in [-0.25, -0.2) is 9.97 Å². The Balaban J connectivity index is 1.36. The first-order valence-electron chi connectivity index (χ1n) is 9.45. The van der Waals surface area contributed by atoms with E-state index in [1.54, 1.807) is 12.4 Å². The van der Waals surface area contributed by atoms with Crippen LogP contribution in [0.15, 0.2) is 41.4 Å². The van der Waals surface area contributed by atoms with Crippen LogP contribution in [0.2, 0.25) is 0 Å². The fraction of sp³-hybridized carbons (Fsp3) is 0.316. The lowest BCUT2D eigenvalue weighted by atomic mass is 10.1. The third-order valence-electron chi connectivity index (χ3n) is 5.32. The maximum absolute atomic E-state index is 12.8. The number of anilines is 3. The van der Waals surface area contributed by atoms with E-state index in [2.05, 4.69) is 31.2 Å². The van der Waals surface area contributed by atoms with E-state index >= 15 is 0 Å². The standard InChI is InChI=1S/C19H16BrF3N6O2/c20-15-9-27-4-3-24-17(27)16(26-15)25-11-1-2-13-14(7-11)31-10-12-8-28(5-6-29(12)13)18(30)19(21,22)23/h1-4,7,9,12H,5-6,8,10H2,(H,25,26)/t12-/m1/s1. The van der Waals surface area contributed by atoms with Crippen LogP contribution in [-0.4, -0.2) is 63.6 Å². The van der Waals surface area contributed by atoms with E-state index in [-0.39, 0.29) is 25.7 Å². The molecule has 8 nitrogen and oxygen atoms in total. The van der Waals surface area contributed by atoms with Crippen LogP contribution in [0, 0.1) is 0 Å². The SMILES string of the molecule is O=C(N1CCN2c3ccc(Nc4nc(Br)cn5ccnc45)cc3OC[C@H]2C1)C(F)(F)F. The summed E-state index contributed by atoms with van der Waals surface area (Å²) in [4.78, 5) is 23.1. The molecule has 0 spiro atoms. The second kappa shape index (κ2) is 7.29. The fourth-order valence-corrected chi connectivity index (χ4v) is 4.33. The Bertz CT molecular complexity index is 1170. The molecule has 0 radical (unpaired) electrons. The number of amides is 1. The van der Waals surface area contributed by atoms with Gasteiger partial charge in [-0.2, -0.15) is 13.2 Å². The largest absolute Gasteiger partial charge is 0.489 e. The van der Waals surface area contributed by atoms with Gasteiger partial charge in [-0.15, -0.1) is 0 Å². The molecular weight excluding hydrogens is 481 g/mol. The minimum atomic E-state index is -4.86. The number of nitrogens with one attached hydrogen (secondary N) is 1. The van der Waals surface area contributed by atoms with E-state index in [0.29, 0.717) is 28.4 Å². The van der Waals surface area contributed by atoms with E-state index in [1.165, 1.54) is 0 Å². The summed E-state index contributed by atoms with van der Waals surface area (Å²) in [5.74, 6) is -0.622. The third kappa shape index (κ3) is 3.64. The Morgan fingerprint density at radius 1 is 1.29 bits per heavy atom. The normalized spacial score (nSPS) is 18.4. The number of hydrogen-bond donors (Lipinski definition) is 1. The first-order chi connectivity index (χ1) is 14.8. The second-order valence-corrected chi connectivity index (χ2v) is 8.10. The van der Waals surface area contributed by atoms with Crippen LogP contribution in [0.25, 0.3) is 5.65 Å². The predicted octanol–water partition coefficient (Wildman–Crippen LogP) is 3.21. The number of carbonyl (C=O) groups excluding carboxylic acids is 1. The van der Waals surface area contributed by atoms with Gasteiger partial charge >= 0.3 is 12.1 Å². The number of ether oxygens (including phenoxy) is 1. The van der Waals surface area contributed by atoms with E-state index in [1.807, 2.05) is 33.7 Å². The Kier molecular flexibility index (Phi) is 4.68. The van der Waals surface area contributed by atoms with Crippen LogP contribution < -0.4 is 15.0 Å². The van der Waals surface area contributed by atoms with Gasteiger partial charge in [-0.1, -0.05) is 0 Å². The van der Waals surface area contributed by atoms with Gasteiger partial charge in [0.15, 0.2) is 11.5 Å². The Hall–Kier alpha value is -3.02. The molecule has 2 aliphatic heterocycles. The molecular formula is C19H16BrF3N6O2. The van der Waals surface area contributed by atoms with Crippen LogP contribution in [-0.2, 0) is 4.79 Å². The van der Waals surface area contributed by atoms with E-state index in [0.717, 1.165) is 16.3 Å². The van der Waals surface area contributed by atoms with Gasteiger partial charge in [0.2, 0.25) is 0 Å². The molecule has 12 heteroatoms. The molecule has 4 heterocycles. The Morgan fingerprint density at radius 2 is 2.13 bits per heavy atom. The third-order valence-corrected chi connectivity index (χ3v) is 5.70. The summed E-state index contributed by atoms with van der Waals surface area (Å²) in [6.45, 7) is 0.473. The van der Waals surface area contributed by atoms with Crippen molar-refractivity contribution in [3.63, 3.8) is 0 Å². The molecule has 31 heavy (non-hydrogen) atoms. The van der Waals surface area contributed by atoms with Crippen molar-refractivity contribution in [1.29, 1.82) is 0 Å². The molecule has 0 unspecified atom stereocenters. The number of piperazine rings is 1. The van der Waals surface area contributed by atoms with E-state index in [4.69, 9.17) is 4.74 Å². The van der Waals surface area contributed by atoms with Crippen LogP contribution in [0.4, 0.5) is 30.4 Å². The molecule has 0 aliphatic carbocycles. The summed E-state index contributed by atoms with van der Waals surface area (Å²) >= 11 is 3.38. The molecule has 2 aliphatic rings. The zero-order valence-corrected chi connectivity index (χ0v) is 17.5. The number of nitrogens with zero attached hydrogens (tertiary/aromatic N) is 5. The summed E-state index contributed by atoms with van der Waals surface area (Å²) in [7, 11) is 0. The molecule has 0 saturated carbocycles. The van der Waals surface area contributed by atoms with Crippen LogP contribution in [0.5, 0.6) is 5.75 Å². The summed E-state index contributed by atoms with van der Waals surface area (Å²) in [5, 5.41) is 3.23. The van der Waals surface area contributed by atoms with Gasteiger partial charge in [0.25, 0.3) is 0 Å². The van der Waals surface area contributed by atoms with Crippen LogP contribution >= 0.6 is 15.9 Å². The Labute approximate surface area is 182 Å². The van der Waals surface area contributed by atoms with Crippen molar-refractivity contribution in [1.82, 2.24) is 19.3 Å². The molecule has 162 valence electrons. The lowest BCUT2D eigenvalue weighted by Crippen LogP contribution is -2.60. The minimum Gasteiger partial charge on any atom is -0.489 e. The molecule has 0 bridgehead atoms. The lowest BCUT2D eigenvalue weighted by molar-refractivity contribution is -0.186. The van der Waals surface area contributed by atoms with Crippen molar-refractivity contribution in [2.75, 3.05) is 36.5 Å². The summed E-state index contributed by atoms with van der Waals surface area (Å²) in [6.07, 6.45) is 0.420. The number of fused-ring (bicyclic) bond motifs is 4. The van der Waals surface area contributed by atoms with Crippen molar-refractivity contribution in [3.05, 3.63) is 41.4 Å². The lowest BCUT2D eigenvalue weighted by Gasteiger charge is -2.45. The molecule has 1 N–H and O–H groups in total. The number of halogens is 4. The maximum Gasteiger partial charge on any atom is 0.471 e. The van der Waals surface area contributed by atoms with Crippen LogP contribution in [0.3, 0.4) is 0 Å². The highest BCUT2D eigenvalue weighted by molar-refractivity contribution is 9.10. The van der Waals surface area contributed by atoms with Gasteiger partial charge < -0.3 is 24.3 Å². The monoisotopic (exact) mass is 496 g/mol. The van der Waals surface area contributed by atoms with Crippen molar-refractivity contribution in [2.45, 2.75) is 12.2 Å². The van der Waals surface area contributed by atoms with Crippen molar-refractivity contribution in [3.8, 4) is 5.75 Å². The van der Waals surface area contributed by atoms with E-state index < -0.39 is 12.1 Å². The molecule has 1 atom stereocenters. The van der Waals surface area contributed by atoms with E-state index in [9.17, 15) is 18.0 Å². The number of carbonyl (C=O) groups is 1. The molecule has 1 amide bonds. The average molecular weight is 497 g/mol. The zero-order chi connectivity index (χ0) is 21.8. The first kappa shape index (κ1) is 19.9. The molecule has 2 aromatic heterocycles. The highest BCUT2D eigenvalue weighted by atomic mass is 79.9. The van der Waals surface area contributed by atoms with Crippen molar-refractivity contribution in [2.24, 2.45) is 0 Å². The highest BCUT2D eigenvalue weighted by Gasteiger charge is 2.45. The van der Waals surface area contributed by atoms with Gasteiger partial charge in [0.1, 0.15) is 17.0 Å². The second-order valence-electron chi connectivity index (χ2n) is 7.29. The number of benzene rings is 1. The van der Waals surface area contributed by atoms with Crippen LogP contribution in [0.1, 0.15) is 0 Å². The number of aromatic nitrogens is 3. The quantitative estimate of drug-likeness (QED) is 0.587. The van der Waals surface area contributed by atoms with Gasteiger partial charge in [-0.3, -0.25) is 4.79 Å². The topological polar surface area (TPSA) is 75.0 Å². The van der Waals surface area contributed by atoms with Gasteiger partial charge in [0.05, 0.1) is 11.7 Å². The van der Waals surface area contributed by atoms with Crippen molar-refractivity contribution < 1.29 is 22.7 Å². The van der Waals surface area contributed by atoms with Gasteiger partial charge in [0, 0.05) is 50.0 Å². The van der Waals surface area contributed by atoms with Crippen molar-refractivity contribution >= 4 is 44.7 Å².